The lowest BCUT2D eigenvalue weighted by molar-refractivity contribution is 0.0952. The van der Waals surface area contributed by atoms with E-state index in [9.17, 15) is 10.1 Å². The maximum Gasteiger partial charge on any atom is 0.254 e. The molecule has 160 valence electrons. The molecule has 2 aromatic carbocycles. The first kappa shape index (κ1) is 22.3. The summed E-state index contributed by atoms with van der Waals surface area (Å²) in [5.41, 5.74) is 3.03. The van der Waals surface area contributed by atoms with Gasteiger partial charge >= 0.3 is 0 Å². The molecule has 0 aliphatic rings. The molecule has 0 bridgehead atoms. The molecule has 3 N–H and O–H groups in total. The van der Waals surface area contributed by atoms with Gasteiger partial charge in [0.05, 0.1) is 40.5 Å². The Bertz CT molecular complexity index is 1130. The van der Waals surface area contributed by atoms with Gasteiger partial charge in [-0.05, 0) is 48.7 Å². The van der Waals surface area contributed by atoms with E-state index in [-0.39, 0.29) is 12.5 Å². The Morgan fingerprint density at radius 2 is 2.10 bits per heavy atom. The lowest BCUT2D eigenvalue weighted by Crippen LogP contribution is -2.26. The Morgan fingerprint density at radius 3 is 2.81 bits per heavy atom. The Balaban J connectivity index is 1.94. The summed E-state index contributed by atoms with van der Waals surface area (Å²) in [6, 6.07) is 12.8. The van der Waals surface area contributed by atoms with Gasteiger partial charge < -0.3 is 20.5 Å². The minimum atomic E-state index is -0.273. The Hall–Kier alpha value is -3.34. The zero-order valence-electron chi connectivity index (χ0n) is 17.1. The summed E-state index contributed by atoms with van der Waals surface area (Å²) in [5.74, 6) is 0.311. The van der Waals surface area contributed by atoms with Gasteiger partial charge in [0, 0.05) is 31.3 Å². The van der Waals surface area contributed by atoms with Crippen molar-refractivity contribution in [2.45, 2.75) is 19.4 Å². The molecule has 0 atom stereocenters. The molecule has 0 aliphatic heterocycles. The summed E-state index contributed by atoms with van der Waals surface area (Å²) >= 11 is 6.23. The van der Waals surface area contributed by atoms with Crippen molar-refractivity contribution in [1.82, 2.24) is 10.3 Å². The number of aliphatic hydroxyl groups is 1. The van der Waals surface area contributed by atoms with E-state index in [0.717, 1.165) is 5.56 Å². The molecule has 3 rings (SSSR count). The highest BCUT2D eigenvalue weighted by atomic mass is 35.5. The normalized spacial score (nSPS) is 10.5. The first-order chi connectivity index (χ1) is 15.1. The summed E-state index contributed by atoms with van der Waals surface area (Å²) in [7, 11) is 1.56. The molecule has 0 radical (unpaired) electrons. The largest absolute Gasteiger partial charge is 0.495 e. The standard InChI is InChI=1S/C23H23ClN4O3/c1-31-21-7-5-16(11-19(21)24)13-28-22-17-10-15(12-25)4-6-20(17)27-14-18(22)23(30)26-8-2-3-9-29/h4-7,10-11,14,29H,2-3,8-9,13H2,1H3,(H,26,30)(H,27,28). The van der Waals surface area contributed by atoms with Crippen LogP contribution in [0.1, 0.15) is 34.3 Å². The second kappa shape index (κ2) is 10.6. The number of unbranched alkanes of at least 4 members (excludes halogenated alkanes) is 1. The molecule has 0 saturated carbocycles. The lowest BCUT2D eigenvalue weighted by atomic mass is 10.1. The number of methoxy groups -OCH3 is 1. The van der Waals surface area contributed by atoms with E-state index in [0.29, 0.717) is 64.4 Å². The number of aliphatic hydroxyl groups excluding tert-OH is 1. The van der Waals surface area contributed by atoms with Gasteiger partial charge in [0.25, 0.3) is 5.91 Å². The van der Waals surface area contributed by atoms with Gasteiger partial charge in [-0.1, -0.05) is 17.7 Å². The predicted octanol–water partition coefficient (Wildman–Crippen LogP) is 3.88. The molecule has 1 amide bonds. The van der Waals surface area contributed by atoms with Crippen LogP contribution >= 0.6 is 11.6 Å². The van der Waals surface area contributed by atoms with Gasteiger partial charge in [-0.25, -0.2) is 0 Å². The number of benzene rings is 2. The van der Waals surface area contributed by atoms with Gasteiger partial charge in [-0.3, -0.25) is 9.78 Å². The number of anilines is 1. The molecule has 31 heavy (non-hydrogen) atoms. The van der Waals surface area contributed by atoms with Crippen molar-refractivity contribution in [3.63, 3.8) is 0 Å². The van der Waals surface area contributed by atoms with E-state index in [4.69, 9.17) is 21.4 Å². The van der Waals surface area contributed by atoms with E-state index in [2.05, 4.69) is 21.7 Å². The molecule has 3 aromatic rings. The van der Waals surface area contributed by atoms with Crippen LogP contribution in [0.15, 0.2) is 42.6 Å². The number of ether oxygens (including phenoxy) is 1. The number of fused-ring (bicyclic) bond motifs is 1. The molecule has 1 heterocycles. The highest BCUT2D eigenvalue weighted by Crippen LogP contribution is 2.29. The van der Waals surface area contributed by atoms with Gasteiger partial charge in [0.1, 0.15) is 5.75 Å². The predicted molar refractivity (Wildman–Crippen MR) is 120 cm³/mol. The Morgan fingerprint density at radius 1 is 1.26 bits per heavy atom. The second-order valence-electron chi connectivity index (χ2n) is 6.90. The number of nitrogens with one attached hydrogen (secondary N) is 2. The zero-order valence-corrected chi connectivity index (χ0v) is 17.9. The average molecular weight is 439 g/mol. The maximum absolute atomic E-state index is 12.8. The van der Waals surface area contributed by atoms with Crippen LogP contribution in [-0.2, 0) is 6.54 Å². The second-order valence-corrected chi connectivity index (χ2v) is 7.31. The number of pyridine rings is 1. The SMILES string of the molecule is COc1ccc(CNc2c(C(=O)NCCCCO)cnc3ccc(C#N)cc23)cc1Cl. The van der Waals surface area contributed by atoms with Gasteiger partial charge in [0.2, 0.25) is 0 Å². The minimum Gasteiger partial charge on any atom is -0.495 e. The fraction of sp³-hybridized carbons (Fsp3) is 0.261. The van der Waals surface area contributed by atoms with E-state index >= 15 is 0 Å². The van der Waals surface area contributed by atoms with E-state index in [1.807, 2.05) is 6.07 Å². The van der Waals surface area contributed by atoms with Crippen molar-refractivity contribution in [3.05, 3.63) is 64.3 Å². The zero-order chi connectivity index (χ0) is 22.2. The van der Waals surface area contributed by atoms with Crippen molar-refractivity contribution < 1.29 is 14.6 Å². The first-order valence-corrected chi connectivity index (χ1v) is 10.2. The molecular formula is C23H23ClN4O3. The van der Waals surface area contributed by atoms with Crippen molar-refractivity contribution in [3.8, 4) is 11.8 Å². The molecule has 7 nitrogen and oxygen atoms in total. The van der Waals surface area contributed by atoms with Crippen molar-refractivity contribution in [2.75, 3.05) is 25.6 Å². The summed E-state index contributed by atoms with van der Waals surface area (Å²) < 4.78 is 5.19. The summed E-state index contributed by atoms with van der Waals surface area (Å²) in [4.78, 5) is 17.2. The molecule has 0 aliphatic carbocycles. The highest BCUT2D eigenvalue weighted by Gasteiger charge is 2.16. The number of nitriles is 1. The molecule has 0 saturated heterocycles. The van der Waals surface area contributed by atoms with Gasteiger partial charge in [-0.2, -0.15) is 5.26 Å². The van der Waals surface area contributed by atoms with Crippen molar-refractivity contribution in [2.24, 2.45) is 0 Å². The van der Waals surface area contributed by atoms with E-state index < -0.39 is 0 Å². The first-order valence-electron chi connectivity index (χ1n) is 9.85. The average Bonchev–Trinajstić information content (AvgIpc) is 2.79. The summed E-state index contributed by atoms with van der Waals surface area (Å²) in [6.07, 6.45) is 2.82. The third-order valence-corrected chi connectivity index (χ3v) is 5.09. The molecule has 1 aromatic heterocycles. The molecule has 0 fully saturated rings. The maximum atomic E-state index is 12.8. The summed E-state index contributed by atoms with van der Waals surface area (Å²) in [6.45, 7) is 0.940. The van der Waals surface area contributed by atoms with E-state index in [1.54, 1.807) is 37.4 Å². The Labute approximate surface area is 185 Å². The number of rotatable bonds is 9. The minimum absolute atomic E-state index is 0.0849. The third kappa shape index (κ3) is 5.43. The van der Waals surface area contributed by atoms with Crippen molar-refractivity contribution >= 4 is 34.1 Å². The summed E-state index contributed by atoms with van der Waals surface area (Å²) in [5, 5.41) is 25.6. The number of nitrogens with zero attached hydrogens (tertiary/aromatic N) is 2. The fourth-order valence-corrected chi connectivity index (χ4v) is 3.45. The van der Waals surface area contributed by atoms with Gasteiger partial charge in [0.15, 0.2) is 0 Å². The molecule has 8 heteroatoms. The number of halogens is 1. The molecule has 0 spiro atoms. The highest BCUT2D eigenvalue weighted by molar-refractivity contribution is 6.32. The molecular weight excluding hydrogens is 416 g/mol. The van der Waals surface area contributed by atoms with E-state index in [1.165, 1.54) is 6.20 Å². The Kier molecular flexibility index (Phi) is 7.65. The molecule has 0 unspecified atom stereocenters. The van der Waals surface area contributed by atoms with Crippen LogP contribution in [0.3, 0.4) is 0 Å². The van der Waals surface area contributed by atoms with Crippen LogP contribution in [0.5, 0.6) is 5.75 Å². The van der Waals surface area contributed by atoms with Crippen LogP contribution in [0.4, 0.5) is 5.69 Å². The topological polar surface area (TPSA) is 107 Å². The van der Waals surface area contributed by atoms with Crippen LogP contribution in [0, 0.1) is 11.3 Å². The monoisotopic (exact) mass is 438 g/mol. The number of amides is 1. The fourth-order valence-electron chi connectivity index (χ4n) is 3.17. The third-order valence-electron chi connectivity index (χ3n) is 4.80. The number of carbonyl (C=O) groups excluding carboxylic acids is 1. The number of aromatic nitrogens is 1. The number of carbonyl (C=O) groups is 1. The number of hydrogen-bond acceptors (Lipinski definition) is 6. The van der Waals surface area contributed by atoms with Crippen LogP contribution in [0.2, 0.25) is 5.02 Å². The number of hydrogen-bond donors (Lipinski definition) is 3. The van der Waals surface area contributed by atoms with Gasteiger partial charge in [-0.15, -0.1) is 0 Å². The smallest absolute Gasteiger partial charge is 0.254 e. The quantitative estimate of drug-likeness (QED) is 0.437. The lowest BCUT2D eigenvalue weighted by Gasteiger charge is -2.15. The van der Waals surface area contributed by atoms with Crippen LogP contribution < -0.4 is 15.4 Å². The van der Waals surface area contributed by atoms with Crippen molar-refractivity contribution in [1.29, 1.82) is 5.26 Å². The van der Waals surface area contributed by atoms with Crippen LogP contribution in [-0.4, -0.2) is 36.3 Å². The van der Waals surface area contributed by atoms with Crippen LogP contribution in [0.25, 0.3) is 10.9 Å².